The van der Waals surface area contributed by atoms with Crippen LogP contribution in [-0.4, -0.2) is 68.8 Å². The highest BCUT2D eigenvalue weighted by molar-refractivity contribution is 6.02. The largest absolute Gasteiger partial charge is 0.464 e. The Bertz CT molecular complexity index is 1710. The number of fused-ring (bicyclic) bond motifs is 2. The van der Waals surface area contributed by atoms with Gasteiger partial charge in [0.1, 0.15) is 17.6 Å². The molecule has 3 aromatic rings. The molecular weight excluding hydrogens is 606 g/mol. The lowest BCUT2D eigenvalue weighted by atomic mass is 9.84. The van der Waals surface area contributed by atoms with Gasteiger partial charge in [-0.05, 0) is 87.3 Å². The van der Waals surface area contributed by atoms with Crippen molar-refractivity contribution in [1.82, 2.24) is 19.4 Å². The molecule has 0 N–H and O–H groups in total. The second-order valence-corrected chi connectivity index (χ2v) is 13.6. The van der Waals surface area contributed by atoms with Gasteiger partial charge in [0.25, 0.3) is 5.91 Å². The maximum absolute atomic E-state index is 15.8. The van der Waals surface area contributed by atoms with Gasteiger partial charge in [-0.3, -0.25) is 4.79 Å². The van der Waals surface area contributed by atoms with Crippen molar-refractivity contribution >= 4 is 18.0 Å². The Kier molecular flexibility index (Phi) is 8.84. The SMILES string of the molecule is CCOC(=O)C(c1ncn2c1C[C@@H](F)C2)N1Cc2c(F)cc(-c3ccc(C4CCN(C(=O)OC(C)(C)C)CC4)c(CC)c3)cc2C1=O. The number of aromatic nitrogens is 2. The molecule has 47 heavy (non-hydrogen) atoms. The number of ether oxygens (including phenoxy) is 2. The molecule has 0 spiro atoms. The van der Waals surface area contributed by atoms with E-state index in [4.69, 9.17) is 9.47 Å². The van der Waals surface area contributed by atoms with Gasteiger partial charge in [-0.1, -0.05) is 25.1 Å². The number of amides is 2. The zero-order valence-electron chi connectivity index (χ0n) is 27.6. The highest BCUT2D eigenvalue weighted by Crippen LogP contribution is 2.39. The van der Waals surface area contributed by atoms with E-state index in [0.717, 1.165) is 30.4 Å². The minimum atomic E-state index is -1.22. The highest BCUT2D eigenvalue weighted by Gasteiger charge is 2.43. The Morgan fingerprint density at radius 2 is 1.83 bits per heavy atom. The molecule has 0 saturated carbocycles. The van der Waals surface area contributed by atoms with Crippen LogP contribution in [0.1, 0.15) is 97.9 Å². The summed E-state index contributed by atoms with van der Waals surface area (Å²) in [5.41, 5.74) is 4.36. The van der Waals surface area contributed by atoms with Crippen LogP contribution in [-0.2, 0) is 40.2 Å². The summed E-state index contributed by atoms with van der Waals surface area (Å²) >= 11 is 0. The van der Waals surface area contributed by atoms with E-state index in [2.05, 4.69) is 24.0 Å². The molecule has 9 nitrogen and oxygen atoms in total. The molecule has 1 saturated heterocycles. The highest BCUT2D eigenvalue weighted by atomic mass is 19.1. The molecule has 1 unspecified atom stereocenters. The first-order chi connectivity index (χ1) is 22.4. The quantitative estimate of drug-likeness (QED) is 0.271. The number of nitrogens with zero attached hydrogens (tertiary/aromatic N) is 4. The van der Waals surface area contributed by atoms with Gasteiger partial charge in [-0.2, -0.15) is 0 Å². The Morgan fingerprint density at radius 3 is 2.51 bits per heavy atom. The molecule has 0 aliphatic carbocycles. The van der Waals surface area contributed by atoms with Crippen LogP contribution in [0.3, 0.4) is 0 Å². The Morgan fingerprint density at radius 1 is 1.09 bits per heavy atom. The predicted octanol–water partition coefficient (Wildman–Crippen LogP) is 6.52. The Labute approximate surface area is 273 Å². The second kappa shape index (κ2) is 12.7. The van der Waals surface area contributed by atoms with Crippen molar-refractivity contribution in [1.29, 1.82) is 0 Å². The molecule has 250 valence electrons. The molecule has 2 atom stereocenters. The molecule has 0 radical (unpaired) electrons. The summed E-state index contributed by atoms with van der Waals surface area (Å²) < 4.78 is 42.5. The fourth-order valence-electron chi connectivity index (χ4n) is 7.08. The van der Waals surface area contributed by atoms with Crippen molar-refractivity contribution < 1.29 is 32.6 Å². The average molecular weight is 649 g/mol. The Hall–Kier alpha value is -4.28. The van der Waals surface area contributed by atoms with Crippen LogP contribution in [0.4, 0.5) is 13.6 Å². The zero-order chi connectivity index (χ0) is 33.6. The maximum atomic E-state index is 15.8. The molecular formula is C36H42F2N4O5. The van der Waals surface area contributed by atoms with Crippen molar-refractivity contribution in [2.75, 3.05) is 19.7 Å². The van der Waals surface area contributed by atoms with Crippen LogP contribution < -0.4 is 0 Å². The number of halogens is 2. The third-order valence-corrected chi connectivity index (χ3v) is 9.33. The number of imidazole rings is 1. The number of carbonyl (C=O) groups is 3. The summed E-state index contributed by atoms with van der Waals surface area (Å²) in [6, 6.07) is 7.99. The van der Waals surface area contributed by atoms with Crippen LogP contribution in [0.2, 0.25) is 0 Å². The van der Waals surface area contributed by atoms with Gasteiger partial charge in [-0.15, -0.1) is 0 Å². The standard InChI is InChI=1S/C36H42F2N4O5/c1-6-21-14-23(8-9-26(21)22-10-12-40(13-11-22)35(45)47-36(3,4)5)24-15-27-28(29(38)16-24)19-42(33(27)43)32(34(44)46-7-2)31-30-17-25(37)18-41(30)20-39-31/h8-9,14-16,20,22,25,32H,6-7,10-13,17-19H2,1-5H3/t25-,32?/m1/s1. The van der Waals surface area contributed by atoms with E-state index >= 15 is 4.39 Å². The first-order valence-corrected chi connectivity index (χ1v) is 16.5. The molecule has 0 bridgehead atoms. The topological polar surface area (TPSA) is 94.0 Å². The van der Waals surface area contributed by atoms with Crippen molar-refractivity contribution in [2.45, 2.75) is 97.1 Å². The van der Waals surface area contributed by atoms with Crippen LogP contribution in [0.25, 0.3) is 11.1 Å². The number of benzene rings is 2. The minimum absolute atomic E-state index is 0.0807. The van der Waals surface area contributed by atoms with E-state index in [9.17, 15) is 18.8 Å². The van der Waals surface area contributed by atoms with Crippen LogP contribution in [0.5, 0.6) is 0 Å². The molecule has 2 aromatic carbocycles. The first kappa shape index (κ1) is 32.7. The molecule has 1 fully saturated rings. The lowest BCUT2D eigenvalue weighted by molar-refractivity contribution is -0.149. The summed E-state index contributed by atoms with van der Waals surface area (Å²) in [6.07, 6.45) is 2.56. The molecule has 1 aromatic heterocycles. The van der Waals surface area contributed by atoms with E-state index < -0.39 is 35.5 Å². The van der Waals surface area contributed by atoms with Gasteiger partial charge in [0, 0.05) is 36.3 Å². The summed E-state index contributed by atoms with van der Waals surface area (Å²) in [5, 5.41) is 0. The first-order valence-electron chi connectivity index (χ1n) is 16.5. The molecule has 11 heteroatoms. The van der Waals surface area contributed by atoms with Crippen molar-refractivity contribution in [3.63, 3.8) is 0 Å². The van der Waals surface area contributed by atoms with E-state index in [1.165, 1.54) is 22.9 Å². The molecule has 2 amide bonds. The second-order valence-electron chi connectivity index (χ2n) is 13.6. The number of rotatable bonds is 7. The monoisotopic (exact) mass is 648 g/mol. The average Bonchev–Trinajstić information content (AvgIpc) is 3.69. The van der Waals surface area contributed by atoms with Gasteiger partial charge in [0.15, 0.2) is 6.04 Å². The summed E-state index contributed by atoms with van der Waals surface area (Å²) in [4.78, 5) is 47.1. The van der Waals surface area contributed by atoms with E-state index in [-0.39, 0.29) is 54.9 Å². The summed E-state index contributed by atoms with van der Waals surface area (Å²) in [5.74, 6) is -1.44. The van der Waals surface area contributed by atoms with Crippen LogP contribution >= 0.6 is 0 Å². The number of likely N-dealkylation sites (tertiary alicyclic amines) is 1. The van der Waals surface area contributed by atoms with Gasteiger partial charge in [0.2, 0.25) is 0 Å². The normalized spacial score (nSPS) is 18.7. The molecule has 3 aliphatic rings. The van der Waals surface area contributed by atoms with E-state index in [0.29, 0.717) is 24.3 Å². The van der Waals surface area contributed by atoms with Gasteiger partial charge < -0.3 is 23.8 Å². The van der Waals surface area contributed by atoms with Crippen molar-refractivity contribution in [3.05, 3.63) is 76.1 Å². The number of aryl methyl sites for hydroxylation is 1. The maximum Gasteiger partial charge on any atom is 0.410 e. The molecule has 3 aliphatic heterocycles. The van der Waals surface area contributed by atoms with E-state index in [1.54, 1.807) is 22.5 Å². The Balaban J connectivity index is 1.24. The number of esters is 1. The lowest BCUT2D eigenvalue weighted by Crippen LogP contribution is -2.41. The smallest absolute Gasteiger partial charge is 0.410 e. The number of hydrogen-bond acceptors (Lipinski definition) is 6. The van der Waals surface area contributed by atoms with Crippen LogP contribution in [0, 0.1) is 5.82 Å². The molecule has 6 rings (SSSR count). The number of hydrogen-bond donors (Lipinski definition) is 0. The molecule has 4 heterocycles. The summed E-state index contributed by atoms with van der Waals surface area (Å²) in [7, 11) is 0. The third-order valence-electron chi connectivity index (χ3n) is 9.33. The van der Waals surface area contributed by atoms with E-state index in [1.807, 2.05) is 26.8 Å². The minimum Gasteiger partial charge on any atom is -0.464 e. The zero-order valence-corrected chi connectivity index (χ0v) is 27.6. The fraction of sp³-hybridized carbons (Fsp3) is 0.500. The third kappa shape index (κ3) is 6.36. The number of alkyl halides is 1. The van der Waals surface area contributed by atoms with Gasteiger partial charge in [-0.25, -0.2) is 23.4 Å². The lowest BCUT2D eigenvalue weighted by Gasteiger charge is -2.34. The predicted molar refractivity (Wildman–Crippen MR) is 171 cm³/mol. The number of carbonyl (C=O) groups excluding carboxylic acids is 3. The number of piperidine rings is 1. The summed E-state index contributed by atoms with van der Waals surface area (Å²) in [6.45, 7) is 10.6. The van der Waals surface area contributed by atoms with Gasteiger partial charge in [0.05, 0.1) is 31.7 Å². The van der Waals surface area contributed by atoms with Crippen molar-refractivity contribution in [2.24, 2.45) is 0 Å². The van der Waals surface area contributed by atoms with Gasteiger partial charge >= 0.3 is 12.1 Å². The van der Waals surface area contributed by atoms with Crippen molar-refractivity contribution in [3.8, 4) is 11.1 Å². The fourth-order valence-corrected chi connectivity index (χ4v) is 7.08. The van der Waals surface area contributed by atoms with Crippen LogP contribution in [0.15, 0.2) is 36.7 Å².